The van der Waals surface area contributed by atoms with E-state index in [1.807, 2.05) is 18.7 Å². The maximum absolute atomic E-state index is 12.5. The molecule has 7 heteroatoms. The average Bonchev–Trinajstić information content (AvgIpc) is 3.00. The average molecular weight is 414 g/mol. The molecule has 1 aromatic carbocycles. The predicted octanol–water partition coefficient (Wildman–Crippen LogP) is 2.61. The second-order valence-electron chi connectivity index (χ2n) is 8.09. The van der Waals surface area contributed by atoms with Crippen molar-refractivity contribution in [1.29, 1.82) is 0 Å². The number of likely N-dealkylation sites (tertiary alicyclic amines) is 1. The van der Waals surface area contributed by atoms with Crippen molar-refractivity contribution in [2.24, 2.45) is 5.92 Å². The van der Waals surface area contributed by atoms with Crippen LogP contribution < -0.4 is 5.32 Å². The zero-order valence-electron chi connectivity index (χ0n) is 17.9. The van der Waals surface area contributed by atoms with Gasteiger partial charge in [-0.15, -0.1) is 0 Å². The highest BCUT2D eigenvalue weighted by atomic mass is 16.2. The van der Waals surface area contributed by atoms with Crippen LogP contribution in [0, 0.1) is 5.92 Å². The van der Waals surface area contributed by atoms with E-state index >= 15 is 0 Å². The minimum Gasteiger partial charge on any atom is -0.353 e. The maximum Gasteiger partial charge on any atom is 0.261 e. The Balaban J connectivity index is 1.40. The summed E-state index contributed by atoms with van der Waals surface area (Å²) in [5.74, 6) is -0.344. The number of benzene rings is 1. The number of fused-ring (bicyclic) bond motifs is 1. The fraction of sp³-hybridized carbons (Fsp3) is 0.565. The summed E-state index contributed by atoms with van der Waals surface area (Å²) in [6, 6.07) is 6.93. The lowest BCUT2D eigenvalue weighted by atomic mass is 9.99. The topological polar surface area (TPSA) is 86.8 Å². The van der Waals surface area contributed by atoms with Crippen molar-refractivity contribution in [3.05, 3.63) is 35.4 Å². The Morgan fingerprint density at radius 1 is 1.03 bits per heavy atom. The molecule has 162 valence electrons. The minimum atomic E-state index is -0.280. The molecule has 2 aliphatic rings. The van der Waals surface area contributed by atoms with Crippen LogP contribution in [0.4, 0.5) is 0 Å². The van der Waals surface area contributed by atoms with Crippen LogP contribution in [-0.4, -0.2) is 59.1 Å². The van der Waals surface area contributed by atoms with E-state index < -0.39 is 0 Å². The predicted molar refractivity (Wildman–Crippen MR) is 113 cm³/mol. The molecule has 1 fully saturated rings. The van der Waals surface area contributed by atoms with E-state index in [1.54, 1.807) is 24.3 Å². The molecule has 0 saturated carbocycles. The number of imide groups is 1. The number of nitrogens with zero attached hydrogens (tertiary/aromatic N) is 2. The van der Waals surface area contributed by atoms with Crippen LogP contribution in [0.25, 0.3) is 0 Å². The highest BCUT2D eigenvalue weighted by molar-refractivity contribution is 6.21. The Morgan fingerprint density at radius 2 is 1.60 bits per heavy atom. The summed E-state index contributed by atoms with van der Waals surface area (Å²) in [5, 5.41) is 3.12. The maximum atomic E-state index is 12.5. The Hall–Kier alpha value is -2.70. The van der Waals surface area contributed by atoms with Gasteiger partial charge in [0.05, 0.1) is 11.1 Å². The Kier molecular flexibility index (Phi) is 7.24. The number of piperidine rings is 1. The minimum absolute atomic E-state index is 0.0383. The molecule has 2 aliphatic heterocycles. The van der Waals surface area contributed by atoms with E-state index in [0.717, 1.165) is 25.7 Å². The highest BCUT2D eigenvalue weighted by Gasteiger charge is 2.34. The molecular weight excluding hydrogens is 382 g/mol. The van der Waals surface area contributed by atoms with Gasteiger partial charge < -0.3 is 10.2 Å². The summed E-state index contributed by atoms with van der Waals surface area (Å²) in [6.45, 7) is 5.55. The lowest BCUT2D eigenvalue weighted by molar-refractivity contribution is -0.132. The first kappa shape index (κ1) is 22.0. The fourth-order valence-corrected chi connectivity index (χ4v) is 4.24. The first-order chi connectivity index (χ1) is 14.5. The summed E-state index contributed by atoms with van der Waals surface area (Å²) in [5.41, 5.74) is 0.873. The van der Waals surface area contributed by atoms with Gasteiger partial charge in [-0.1, -0.05) is 26.0 Å². The quantitative estimate of drug-likeness (QED) is 0.664. The van der Waals surface area contributed by atoms with Crippen molar-refractivity contribution in [3.8, 4) is 0 Å². The molecular formula is C23H31N3O4. The van der Waals surface area contributed by atoms with Crippen LogP contribution in [0.15, 0.2) is 24.3 Å². The van der Waals surface area contributed by atoms with Crippen molar-refractivity contribution in [3.63, 3.8) is 0 Å². The first-order valence-electron chi connectivity index (χ1n) is 11.0. The monoisotopic (exact) mass is 413 g/mol. The highest BCUT2D eigenvalue weighted by Crippen LogP contribution is 2.23. The van der Waals surface area contributed by atoms with Crippen LogP contribution in [0.5, 0.6) is 0 Å². The van der Waals surface area contributed by atoms with Gasteiger partial charge in [-0.3, -0.25) is 24.1 Å². The largest absolute Gasteiger partial charge is 0.353 e. The summed E-state index contributed by atoms with van der Waals surface area (Å²) < 4.78 is 0. The Morgan fingerprint density at radius 3 is 2.13 bits per heavy atom. The van der Waals surface area contributed by atoms with Crippen LogP contribution in [0.1, 0.15) is 73.1 Å². The van der Waals surface area contributed by atoms with Gasteiger partial charge in [-0.05, 0) is 44.2 Å². The van der Waals surface area contributed by atoms with Crippen LogP contribution in [-0.2, 0) is 9.59 Å². The molecule has 30 heavy (non-hydrogen) atoms. The van der Waals surface area contributed by atoms with Gasteiger partial charge in [0.25, 0.3) is 11.8 Å². The van der Waals surface area contributed by atoms with E-state index in [0.29, 0.717) is 37.1 Å². The van der Waals surface area contributed by atoms with Gasteiger partial charge in [-0.25, -0.2) is 0 Å². The molecule has 0 radical (unpaired) electrons. The lowest BCUT2D eigenvalue weighted by Crippen LogP contribution is -2.47. The fourth-order valence-electron chi connectivity index (χ4n) is 4.24. The molecule has 1 aromatic rings. The smallest absolute Gasteiger partial charge is 0.261 e. The summed E-state index contributed by atoms with van der Waals surface area (Å²) in [4.78, 5) is 52.6. The first-order valence-corrected chi connectivity index (χ1v) is 11.0. The standard InChI is InChI=1S/C23H31N3O4/c1-3-16(4-2)21(28)24-17-11-14-25(15-12-17)20(27)10-7-13-26-22(29)18-8-5-6-9-19(18)23(26)30/h5-6,8-9,16-17H,3-4,7,10-15H2,1-2H3,(H,24,28). The number of hydrogen-bond donors (Lipinski definition) is 1. The van der Waals surface area contributed by atoms with E-state index in [4.69, 9.17) is 0 Å². The molecule has 1 N–H and O–H groups in total. The van der Waals surface area contributed by atoms with Crippen LogP contribution in [0.2, 0.25) is 0 Å². The second-order valence-corrected chi connectivity index (χ2v) is 8.09. The summed E-state index contributed by atoms with van der Waals surface area (Å²) >= 11 is 0. The molecule has 0 atom stereocenters. The van der Waals surface area contributed by atoms with Crippen molar-refractivity contribution in [1.82, 2.24) is 15.1 Å². The molecule has 2 heterocycles. The molecule has 0 aliphatic carbocycles. The van der Waals surface area contributed by atoms with E-state index in [2.05, 4.69) is 5.32 Å². The number of amides is 4. The molecule has 4 amide bonds. The van der Waals surface area contributed by atoms with Crippen molar-refractivity contribution in [2.75, 3.05) is 19.6 Å². The number of carbonyl (C=O) groups excluding carboxylic acids is 4. The molecule has 0 bridgehead atoms. The number of rotatable bonds is 8. The summed E-state index contributed by atoms with van der Waals surface area (Å²) in [7, 11) is 0. The normalized spacial score (nSPS) is 16.9. The lowest BCUT2D eigenvalue weighted by Gasteiger charge is -2.33. The summed E-state index contributed by atoms with van der Waals surface area (Å²) in [6.07, 6.45) is 3.96. The van der Waals surface area contributed by atoms with Gasteiger partial charge in [0.1, 0.15) is 0 Å². The third-order valence-electron chi connectivity index (χ3n) is 6.20. The second kappa shape index (κ2) is 9.87. The van der Waals surface area contributed by atoms with Gasteiger partial charge in [0, 0.05) is 38.0 Å². The van der Waals surface area contributed by atoms with Gasteiger partial charge in [-0.2, -0.15) is 0 Å². The van der Waals surface area contributed by atoms with Gasteiger partial charge >= 0.3 is 0 Å². The molecule has 0 aromatic heterocycles. The van der Waals surface area contributed by atoms with Crippen molar-refractivity contribution >= 4 is 23.6 Å². The molecule has 0 unspecified atom stereocenters. The number of nitrogens with one attached hydrogen (secondary N) is 1. The zero-order chi connectivity index (χ0) is 21.7. The molecule has 7 nitrogen and oxygen atoms in total. The van der Waals surface area contributed by atoms with Crippen molar-refractivity contribution in [2.45, 2.75) is 58.4 Å². The van der Waals surface area contributed by atoms with Gasteiger partial charge in [0.2, 0.25) is 11.8 Å². The number of hydrogen-bond acceptors (Lipinski definition) is 4. The Labute approximate surface area is 177 Å². The third-order valence-corrected chi connectivity index (χ3v) is 6.20. The van der Waals surface area contributed by atoms with E-state index in [9.17, 15) is 19.2 Å². The SMILES string of the molecule is CCC(CC)C(=O)NC1CCN(C(=O)CCCN2C(=O)c3ccccc3C2=O)CC1. The van der Waals surface area contributed by atoms with E-state index in [-0.39, 0.29) is 42.1 Å². The zero-order valence-corrected chi connectivity index (χ0v) is 17.9. The molecule has 0 spiro atoms. The van der Waals surface area contributed by atoms with Crippen molar-refractivity contribution < 1.29 is 19.2 Å². The third kappa shape index (κ3) is 4.71. The van der Waals surface area contributed by atoms with E-state index in [1.165, 1.54) is 4.90 Å². The Bertz CT molecular complexity index is 775. The molecule has 3 rings (SSSR count). The number of carbonyl (C=O) groups is 4. The molecule has 1 saturated heterocycles. The van der Waals surface area contributed by atoms with Crippen LogP contribution >= 0.6 is 0 Å². The van der Waals surface area contributed by atoms with Crippen LogP contribution in [0.3, 0.4) is 0 Å². The van der Waals surface area contributed by atoms with Gasteiger partial charge in [0.15, 0.2) is 0 Å².